The molecule has 0 N–H and O–H groups in total. The normalized spacial score (nSPS) is 16.3. The van der Waals surface area contributed by atoms with Crippen molar-refractivity contribution < 1.29 is 4.79 Å². The topological polar surface area (TPSA) is 23.6 Å². The minimum Gasteiger partial charge on any atom is -0.375 e. The molecule has 3 nitrogen and oxygen atoms in total. The first-order valence-electron chi connectivity index (χ1n) is 7.02. The molecule has 19 heavy (non-hydrogen) atoms. The van der Waals surface area contributed by atoms with Crippen molar-refractivity contribution in [2.75, 3.05) is 26.2 Å². The van der Waals surface area contributed by atoms with E-state index >= 15 is 0 Å². The highest BCUT2D eigenvalue weighted by Crippen LogP contribution is 2.15. The van der Waals surface area contributed by atoms with Crippen LogP contribution in [0.2, 0.25) is 0 Å². The Balaban J connectivity index is 2.22. The van der Waals surface area contributed by atoms with Crippen LogP contribution in [-0.4, -0.2) is 41.9 Å². The summed E-state index contributed by atoms with van der Waals surface area (Å²) in [5, 5.41) is 0. The molecule has 0 radical (unpaired) electrons. The Morgan fingerprint density at radius 1 is 1.05 bits per heavy atom. The van der Waals surface area contributed by atoms with E-state index in [4.69, 9.17) is 0 Å². The number of nitrogens with zero attached hydrogens (tertiary/aromatic N) is 2. The number of likely N-dealkylation sites (N-methyl/N-ethyl adjacent to an activating group) is 2. The average molecular weight is 258 g/mol. The second kappa shape index (κ2) is 6.41. The summed E-state index contributed by atoms with van der Waals surface area (Å²) in [7, 11) is 0. The predicted octanol–water partition coefficient (Wildman–Crippen LogP) is 2.30. The zero-order valence-corrected chi connectivity index (χ0v) is 11.8. The number of hydrogen-bond acceptors (Lipinski definition) is 2. The summed E-state index contributed by atoms with van der Waals surface area (Å²) in [6, 6.07) is 10.2. The third-order valence-corrected chi connectivity index (χ3v) is 3.58. The van der Waals surface area contributed by atoms with E-state index in [1.54, 1.807) is 0 Å². The van der Waals surface area contributed by atoms with Gasteiger partial charge in [-0.3, -0.25) is 4.79 Å². The Hall–Kier alpha value is -1.77. The molecule has 1 aromatic carbocycles. The molecule has 3 heteroatoms. The van der Waals surface area contributed by atoms with Crippen LogP contribution < -0.4 is 0 Å². The number of amides is 1. The Kier molecular flexibility index (Phi) is 4.61. The van der Waals surface area contributed by atoms with Crippen molar-refractivity contribution in [1.29, 1.82) is 0 Å². The fraction of sp³-hybridized carbons (Fsp3) is 0.438. The predicted molar refractivity (Wildman–Crippen MR) is 77.7 cm³/mol. The van der Waals surface area contributed by atoms with Crippen LogP contribution in [0.4, 0.5) is 0 Å². The second-order valence-corrected chi connectivity index (χ2v) is 4.83. The quantitative estimate of drug-likeness (QED) is 0.827. The summed E-state index contributed by atoms with van der Waals surface area (Å²) in [4.78, 5) is 16.6. The lowest BCUT2D eigenvalue weighted by molar-refractivity contribution is -0.126. The van der Waals surface area contributed by atoms with Crippen LogP contribution in [0.25, 0.3) is 0 Å². The van der Waals surface area contributed by atoms with Crippen molar-refractivity contribution >= 4 is 5.91 Å². The van der Waals surface area contributed by atoms with Gasteiger partial charge in [0.15, 0.2) is 0 Å². The van der Waals surface area contributed by atoms with Gasteiger partial charge in [0.05, 0.1) is 0 Å². The van der Waals surface area contributed by atoms with E-state index in [-0.39, 0.29) is 5.91 Å². The molecule has 1 amide bonds. The molecule has 0 saturated carbocycles. The highest BCUT2D eigenvalue weighted by molar-refractivity contribution is 5.94. The van der Waals surface area contributed by atoms with Gasteiger partial charge in [-0.15, -0.1) is 0 Å². The van der Waals surface area contributed by atoms with Crippen molar-refractivity contribution in [3.8, 4) is 0 Å². The Labute approximate surface area is 115 Å². The first-order chi connectivity index (χ1) is 9.24. The van der Waals surface area contributed by atoms with E-state index < -0.39 is 0 Å². The monoisotopic (exact) mass is 258 g/mol. The summed E-state index contributed by atoms with van der Waals surface area (Å²) >= 11 is 0. The largest absolute Gasteiger partial charge is 0.375 e. The lowest BCUT2D eigenvalue weighted by Gasteiger charge is -2.20. The number of carbonyl (C=O) groups excluding carboxylic acids is 1. The van der Waals surface area contributed by atoms with E-state index in [0.717, 1.165) is 31.8 Å². The molecule has 2 rings (SSSR count). The molecule has 0 saturated heterocycles. The molecule has 0 unspecified atom stereocenters. The number of rotatable bonds is 4. The first-order valence-corrected chi connectivity index (χ1v) is 7.02. The summed E-state index contributed by atoms with van der Waals surface area (Å²) in [5.41, 5.74) is 2.09. The lowest BCUT2D eigenvalue weighted by atomic mass is 10.0. The van der Waals surface area contributed by atoms with Gasteiger partial charge in [-0.2, -0.15) is 0 Å². The molecule has 0 aromatic heterocycles. The Bertz CT molecular complexity index is 453. The maximum absolute atomic E-state index is 12.5. The minimum absolute atomic E-state index is 0.183. The van der Waals surface area contributed by atoms with Gasteiger partial charge >= 0.3 is 0 Å². The van der Waals surface area contributed by atoms with Gasteiger partial charge < -0.3 is 9.80 Å². The zero-order chi connectivity index (χ0) is 13.7. The average Bonchev–Trinajstić information content (AvgIpc) is 2.60. The van der Waals surface area contributed by atoms with Crippen LogP contribution in [-0.2, 0) is 11.2 Å². The van der Waals surface area contributed by atoms with Gasteiger partial charge in [0.2, 0.25) is 0 Å². The van der Waals surface area contributed by atoms with E-state index in [0.29, 0.717) is 6.42 Å². The van der Waals surface area contributed by atoms with E-state index in [9.17, 15) is 4.79 Å². The van der Waals surface area contributed by atoms with Crippen molar-refractivity contribution in [2.45, 2.75) is 20.3 Å². The maximum Gasteiger partial charge on any atom is 0.251 e. The number of benzene rings is 1. The molecule has 0 atom stereocenters. The smallest absolute Gasteiger partial charge is 0.251 e. The van der Waals surface area contributed by atoms with Gasteiger partial charge in [0.25, 0.3) is 5.91 Å². The Morgan fingerprint density at radius 2 is 1.79 bits per heavy atom. The van der Waals surface area contributed by atoms with Crippen LogP contribution >= 0.6 is 0 Å². The van der Waals surface area contributed by atoms with Gasteiger partial charge in [-0.1, -0.05) is 30.3 Å². The van der Waals surface area contributed by atoms with Crippen LogP contribution in [0.5, 0.6) is 0 Å². The van der Waals surface area contributed by atoms with Crippen molar-refractivity contribution in [3.63, 3.8) is 0 Å². The minimum atomic E-state index is 0.183. The number of hydrogen-bond donors (Lipinski definition) is 0. The van der Waals surface area contributed by atoms with Crippen LogP contribution in [0, 0.1) is 0 Å². The van der Waals surface area contributed by atoms with Crippen LogP contribution in [0.15, 0.2) is 42.1 Å². The van der Waals surface area contributed by atoms with E-state index in [1.165, 1.54) is 5.56 Å². The van der Waals surface area contributed by atoms with Crippen LogP contribution in [0.3, 0.4) is 0 Å². The van der Waals surface area contributed by atoms with Gasteiger partial charge in [-0.25, -0.2) is 0 Å². The van der Waals surface area contributed by atoms with Crippen LogP contribution in [0.1, 0.15) is 19.4 Å². The lowest BCUT2D eigenvalue weighted by Crippen LogP contribution is -2.34. The molecule has 102 valence electrons. The maximum atomic E-state index is 12.5. The van der Waals surface area contributed by atoms with Gasteiger partial charge in [0.1, 0.15) is 0 Å². The second-order valence-electron chi connectivity index (χ2n) is 4.83. The molecule has 1 heterocycles. The first kappa shape index (κ1) is 13.7. The van der Waals surface area contributed by atoms with E-state index in [1.807, 2.05) is 36.2 Å². The molecular weight excluding hydrogens is 236 g/mol. The number of carbonyl (C=O) groups is 1. The fourth-order valence-corrected chi connectivity index (χ4v) is 2.38. The standard InChI is InChI=1S/C16H22N2O/c1-3-17-10-11-18(4-2)16(19)15(13-17)12-14-8-6-5-7-9-14/h5-9,13H,3-4,10-12H2,1-2H3. The summed E-state index contributed by atoms with van der Waals surface area (Å²) in [6.45, 7) is 7.64. The molecule has 1 aliphatic rings. The van der Waals surface area contributed by atoms with Crippen molar-refractivity contribution in [2.24, 2.45) is 0 Å². The van der Waals surface area contributed by atoms with Gasteiger partial charge in [0, 0.05) is 44.4 Å². The molecule has 0 spiro atoms. The summed E-state index contributed by atoms with van der Waals surface area (Å²) < 4.78 is 0. The van der Waals surface area contributed by atoms with Crippen molar-refractivity contribution in [3.05, 3.63) is 47.7 Å². The fourth-order valence-electron chi connectivity index (χ4n) is 2.38. The SMILES string of the molecule is CCN1C=C(Cc2ccccc2)C(=O)N(CC)CC1. The molecule has 0 fully saturated rings. The highest BCUT2D eigenvalue weighted by Gasteiger charge is 2.21. The zero-order valence-electron chi connectivity index (χ0n) is 11.8. The molecule has 0 bridgehead atoms. The summed E-state index contributed by atoms with van der Waals surface area (Å²) in [6.07, 6.45) is 2.76. The molecule has 0 aliphatic carbocycles. The Morgan fingerprint density at radius 3 is 2.42 bits per heavy atom. The third kappa shape index (κ3) is 3.37. The summed E-state index contributed by atoms with van der Waals surface area (Å²) in [5.74, 6) is 0.183. The third-order valence-electron chi connectivity index (χ3n) is 3.58. The molecular formula is C16H22N2O. The van der Waals surface area contributed by atoms with E-state index in [2.05, 4.69) is 24.0 Å². The molecule has 1 aliphatic heterocycles. The van der Waals surface area contributed by atoms with Gasteiger partial charge in [-0.05, 0) is 19.4 Å². The highest BCUT2D eigenvalue weighted by atomic mass is 16.2. The molecule has 1 aromatic rings. The van der Waals surface area contributed by atoms with Crippen molar-refractivity contribution in [1.82, 2.24) is 9.80 Å².